The first-order valence-electron chi connectivity index (χ1n) is 7.14. The summed E-state index contributed by atoms with van der Waals surface area (Å²) in [7, 11) is 1.61. The van der Waals surface area contributed by atoms with E-state index in [9.17, 15) is 4.79 Å². The quantitative estimate of drug-likeness (QED) is 0.336. The molecule has 7 heteroatoms. The van der Waals surface area contributed by atoms with Gasteiger partial charge in [-0.25, -0.2) is 5.43 Å². The van der Waals surface area contributed by atoms with Gasteiger partial charge in [0, 0.05) is 9.13 Å². The molecule has 0 aliphatic carbocycles. The largest absolute Gasteiger partial charge is 0.492 e. The van der Waals surface area contributed by atoms with E-state index in [1.165, 1.54) is 0 Å². The van der Waals surface area contributed by atoms with Crippen molar-refractivity contribution in [1.82, 2.24) is 5.43 Å². The summed E-state index contributed by atoms with van der Waals surface area (Å²) in [5.74, 6) is 1.09. The average molecular weight is 550 g/mol. The van der Waals surface area contributed by atoms with Gasteiger partial charge in [0.15, 0.2) is 11.5 Å². The van der Waals surface area contributed by atoms with Crippen LogP contribution in [0.4, 0.5) is 0 Å². The van der Waals surface area contributed by atoms with Crippen molar-refractivity contribution in [3.05, 3.63) is 54.7 Å². The Labute approximate surface area is 168 Å². The predicted molar refractivity (Wildman–Crippen MR) is 111 cm³/mol. The van der Waals surface area contributed by atoms with Crippen LogP contribution < -0.4 is 14.9 Å². The molecule has 126 valence electrons. The fourth-order valence-electron chi connectivity index (χ4n) is 1.95. The molecule has 0 unspecified atom stereocenters. The summed E-state index contributed by atoms with van der Waals surface area (Å²) >= 11 is 4.36. The molecule has 0 aromatic heterocycles. The van der Waals surface area contributed by atoms with Crippen LogP contribution in [0, 0.1) is 7.14 Å². The van der Waals surface area contributed by atoms with E-state index in [2.05, 4.69) is 55.7 Å². The maximum absolute atomic E-state index is 12.0. The topological polar surface area (TPSA) is 59.9 Å². The molecule has 2 rings (SSSR count). The molecule has 24 heavy (non-hydrogen) atoms. The van der Waals surface area contributed by atoms with Crippen LogP contribution in [0.2, 0.25) is 0 Å². The normalized spacial score (nSPS) is 10.7. The number of nitrogens with one attached hydrogen (secondary N) is 1. The molecule has 0 heterocycles. The van der Waals surface area contributed by atoms with Gasteiger partial charge in [-0.1, -0.05) is 0 Å². The van der Waals surface area contributed by atoms with Crippen molar-refractivity contribution >= 4 is 57.3 Å². The van der Waals surface area contributed by atoms with Gasteiger partial charge in [-0.05, 0) is 94.1 Å². The molecular weight excluding hydrogens is 534 g/mol. The third-order valence-corrected chi connectivity index (χ3v) is 4.54. The second kappa shape index (κ2) is 9.21. The number of halogens is 2. The summed E-state index contributed by atoms with van der Waals surface area (Å²) in [6.45, 7) is 2.45. The number of carbonyl (C=O) groups excluding carboxylic acids is 1. The number of hydrogen-bond acceptors (Lipinski definition) is 4. The van der Waals surface area contributed by atoms with Crippen LogP contribution in [0.3, 0.4) is 0 Å². The first-order valence-corrected chi connectivity index (χ1v) is 9.30. The maximum Gasteiger partial charge on any atom is 0.271 e. The van der Waals surface area contributed by atoms with E-state index in [0.29, 0.717) is 23.7 Å². The minimum absolute atomic E-state index is 0.254. The number of rotatable bonds is 6. The molecule has 1 N–H and O–H groups in total. The summed E-state index contributed by atoms with van der Waals surface area (Å²) in [4.78, 5) is 12.0. The van der Waals surface area contributed by atoms with Crippen molar-refractivity contribution < 1.29 is 14.3 Å². The lowest BCUT2D eigenvalue weighted by Gasteiger charge is -2.11. The molecule has 1 amide bonds. The lowest BCUT2D eigenvalue weighted by molar-refractivity contribution is 0.0955. The molecule has 0 saturated heterocycles. The van der Waals surface area contributed by atoms with Crippen molar-refractivity contribution in [2.75, 3.05) is 13.7 Å². The zero-order chi connectivity index (χ0) is 17.5. The minimum atomic E-state index is -0.254. The summed E-state index contributed by atoms with van der Waals surface area (Å²) in [5.41, 5.74) is 3.89. The Kier molecular flexibility index (Phi) is 7.28. The number of carbonyl (C=O) groups is 1. The molecule has 5 nitrogen and oxygen atoms in total. The van der Waals surface area contributed by atoms with Crippen LogP contribution in [0.15, 0.2) is 41.5 Å². The van der Waals surface area contributed by atoms with Crippen LogP contribution in [-0.4, -0.2) is 25.8 Å². The van der Waals surface area contributed by atoms with Gasteiger partial charge >= 0.3 is 0 Å². The van der Waals surface area contributed by atoms with Crippen LogP contribution in [0.5, 0.6) is 11.5 Å². The van der Waals surface area contributed by atoms with Gasteiger partial charge in [-0.3, -0.25) is 4.79 Å². The molecule has 2 aromatic rings. The standard InChI is InChI=1S/C17H16I2N2O3/c1-3-24-15-9-11(8-14(19)16(15)23-2)10-20-21-17(22)12-4-6-13(18)7-5-12/h4-10H,3H2,1-2H3,(H,21,22)/b20-10-. The lowest BCUT2D eigenvalue weighted by Crippen LogP contribution is -2.17. The van der Waals surface area contributed by atoms with Gasteiger partial charge < -0.3 is 9.47 Å². The second-order valence-electron chi connectivity index (χ2n) is 4.67. The number of benzene rings is 2. The summed E-state index contributed by atoms with van der Waals surface area (Å²) < 4.78 is 12.9. The molecule has 0 saturated carbocycles. The minimum Gasteiger partial charge on any atom is -0.492 e. The Morgan fingerprint density at radius 3 is 2.58 bits per heavy atom. The molecule has 0 fully saturated rings. The highest BCUT2D eigenvalue weighted by Crippen LogP contribution is 2.33. The van der Waals surface area contributed by atoms with Gasteiger partial charge in [-0.15, -0.1) is 0 Å². The molecule has 0 bridgehead atoms. The first kappa shape index (κ1) is 19.0. The van der Waals surface area contributed by atoms with E-state index in [4.69, 9.17) is 9.47 Å². The van der Waals surface area contributed by atoms with Crippen molar-refractivity contribution in [2.45, 2.75) is 6.92 Å². The predicted octanol–water partition coefficient (Wildman–Crippen LogP) is 4.07. The van der Waals surface area contributed by atoms with Gasteiger partial charge in [0.2, 0.25) is 0 Å². The van der Waals surface area contributed by atoms with E-state index in [0.717, 1.165) is 12.7 Å². The number of hydrogen-bond donors (Lipinski definition) is 1. The van der Waals surface area contributed by atoms with Crippen LogP contribution in [-0.2, 0) is 0 Å². The van der Waals surface area contributed by atoms with Gasteiger partial charge in [0.05, 0.1) is 23.5 Å². The van der Waals surface area contributed by atoms with Crippen molar-refractivity contribution in [1.29, 1.82) is 0 Å². The lowest BCUT2D eigenvalue weighted by atomic mass is 10.2. The fraction of sp³-hybridized carbons (Fsp3) is 0.176. The van der Waals surface area contributed by atoms with E-state index in [1.807, 2.05) is 31.2 Å². The molecule has 0 atom stereocenters. The Morgan fingerprint density at radius 1 is 1.25 bits per heavy atom. The number of methoxy groups -OCH3 is 1. The molecule has 0 spiro atoms. The number of nitrogens with zero attached hydrogens (tertiary/aromatic N) is 1. The van der Waals surface area contributed by atoms with E-state index in [-0.39, 0.29) is 5.91 Å². The zero-order valence-corrected chi connectivity index (χ0v) is 17.5. The molecule has 0 radical (unpaired) electrons. The van der Waals surface area contributed by atoms with Crippen LogP contribution in [0.25, 0.3) is 0 Å². The van der Waals surface area contributed by atoms with Crippen molar-refractivity contribution in [2.24, 2.45) is 5.10 Å². The van der Waals surface area contributed by atoms with E-state index < -0.39 is 0 Å². The fourth-order valence-corrected chi connectivity index (χ4v) is 3.16. The summed E-state index contributed by atoms with van der Waals surface area (Å²) in [6, 6.07) is 11.0. The summed E-state index contributed by atoms with van der Waals surface area (Å²) in [6.07, 6.45) is 1.58. The van der Waals surface area contributed by atoms with Crippen molar-refractivity contribution in [3.63, 3.8) is 0 Å². The Morgan fingerprint density at radius 2 is 1.96 bits per heavy atom. The number of hydrazone groups is 1. The maximum atomic E-state index is 12.0. The highest BCUT2D eigenvalue weighted by molar-refractivity contribution is 14.1. The molecular formula is C17H16I2N2O3. The van der Waals surface area contributed by atoms with Gasteiger partial charge in [-0.2, -0.15) is 5.10 Å². The highest BCUT2D eigenvalue weighted by atomic mass is 127. The molecule has 2 aromatic carbocycles. The van der Waals surface area contributed by atoms with Crippen LogP contribution in [0.1, 0.15) is 22.8 Å². The zero-order valence-electron chi connectivity index (χ0n) is 13.2. The summed E-state index contributed by atoms with van der Waals surface area (Å²) in [5, 5.41) is 4.01. The van der Waals surface area contributed by atoms with Gasteiger partial charge in [0.1, 0.15) is 0 Å². The van der Waals surface area contributed by atoms with Crippen LogP contribution >= 0.6 is 45.2 Å². The number of amides is 1. The third-order valence-electron chi connectivity index (χ3n) is 3.02. The van der Waals surface area contributed by atoms with Crippen molar-refractivity contribution in [3.8, 4) is 11.5 Å². The monoisotopic (exact) mass is 550 g/mol. The second-order valence-corrected chi connectivity index (χ2v) is 7.08. The molecule has 0 aliphatic rings. The highest BCUT2D eigenvalue weighted by Gasteiger charge is 2.10. The smallest absolute Gasteiger partial charge is 0.271 e. The van der Waals surface area contributed by atoms with Gasteiger partial charge in [0.25, 0.3) is 5.91 Å². The Balaban J connectivity index is 2.11. The third kappa shape index (κ3) is 5.07. The number of ether oxygens (including phenoxy) is 2. The Hall–Kier alpha value is -1.36. The SMILES string of the molecule is CCOc1cc(/C=N\NC(=O)c2ccc(I)cc2)cc(I)c1OC. The molecule has 0 aliphatic heterocycles. The van der Waals surface area contributed by atoms with E-state index >= 15 is 0 Å². The average Bonchev–Trinajstić information content (AvgIpc) is 2.55. The first-order chi connectivity index (χ1) is 11.5. The van der Waals surface area contributed by atoms with E-state index in [1.54, 1.807) is 25.5 Å². The Bertz CT molecular complexity index is 746.